The smallest absolute Gasteiger partial charge is 0.333 e. The van der Waals surface area contributed by atoms with Crippen molar-refractivity contribution in [1.82, 2.24) is 0 Å². The summed E-state index contributed by atoms with van der Waals surface area (Å²) in [5.41, 5.74) is 8.75. The third-order valence-corrected chi connectivity index (χ3v) is 2.55. The maximum atomic E-state index is 11.3. The molecule has 0 saturated carbocycles. The maximum absolute atomic E-state index is 11.3. The Morgan fingerprint density at radius 1 is 1.88 bits per heavy atom. The van der Waals surface area contributed by atoms with E-state index in [0.717, 1.165) is 0 Å². The number of rotatable bonds is 3. The number of hydrogen-bond acceptors (Lipinski definition) is 4. The van der Waals surface area contributed by atoms with Crippen LogP contribution >= 0.6 is 0 Å². The summed E-state index contributed by atoms with van der Waals surface area (Å²) in [6.45, 7) is 3.57. The van der Waals surface area contributed by atoms with Gasteiger partial charge in [-0.2, -0.15) is 0 Å². The lowest BCUT2D eigenvalue weighted by Gasteiger charge is -2.28. The van der Waals surface area contributed by atoms with Crippen molar-refractivity contribution in [1.29, 1.82) is 0 Å². The van der Waals surface area contributed by atoms with Crippen molar-refractivity contribution >= 4 is 5.97 Å². The zero-order valence-electron chi connectivity index (χ0n) is 8.91. The molecule has 3 atom stereocenters. The van der Waals surface area contributed by atoms with E-state index in [1.54, 1.807) is 6.08 Å². The molecule has 0 fully saturated rings. The van der Waals surface area contributed by atoms with Crippen molar-refractivity contribution in [2.45, 2.75) is 18.6 Å². The molecule has 6 nitrogen and oxygen atoms in total. The number of methoxy groups -OCH3 is 1. The molecule has 0 saturated heterocycles. The number of ether oxygens (including phenoxy) is 1. The summed E-state index contributed by atoms with van der Waals surface area (Å²) < 4.78 is 4.59. The first-order valence-corrected chi connectivity index (χ1v) is 4.77. The summed E-state index contributed by atoms with van der Waals surface area (Å²) in [5.74, 6) is -0.786. The normalized spacial score (nSPS) is 28.6. The van der Waals surface area contributed by atoms with Crippen molar-refractivity contribution in [3.63, 3.8) is 0 Å². The minimum absolute atomic E-state index is 0.311. The number of azide groups is 1. The van der Waals surface area contributed by atoms with Crippen molar-refractivity contribution in [3.05, 3.63) is 34.7 Å². The number of aliphatic hydroxyl groups is 1. The zero-order valence-corrected chi connectivity index (χ0v) is 8.91. The van der Waals surface area contributed by atoms with Crippen molar-refractivity contribution < 1.29 is 14.6 Å². The summed E-state index contributed by atoms with van der Waals surface area (Å²) in [6, 6.07) is -0.754. The number of nitrogens with zero attached hydrogens (tertiary/aromatic N) is 3. The summed E-state index contributed by atoms with van der Waals surface area (Å²) >= 11 is 0. The predicted molar refractivity (Wildman–Crippen MR) is 57.3 cm³/mol. The van der Waals surface area contributed by atoms with E-state index < -0.39 is 18.1 Å². The molecule has 1 aliphatic carbocycles. The van der Waals surface area contributed by atoms with Gasteiger partial charge in [0.05, 0.1) is 19.3 Å². The minimum Gasteiger partial charge on any atom is -0.466 e. The van der Waals surface area contributed by atoms with Crippen molar-refractivity contribution in [2.75, 3.05) is 7.11 Å². The van der Waals surface area contributed by atoms with Gasteiger partial charge in [-0.25, -0.2) is 4.79 Å². The van der Waals surface area contributed by atoms with Gasteiger partial charge in [0.1, 0.15) is 0 Å². The van der Waals surface area contributed by atoms with Crippen LogP contribution in [0, 0.1) is 5.92 Å². The standard InChI is InChI=1S/C10H13N3O3/c1-3-6-4-7(10(15)16-2)5-8(9(6)14)12-13-11/h3,5-6,8-9,14H,1,4H2,2H3/t6-,8+,9?/m1/s1. The Labute approximate surface area is 92.8 Å². The number of carbonyl (C=O) groups excluding carboxylic acids is 1. The van der Waals surface area contributed by atoms with Gasteiger partial charge in [0.25, 0.3) is 0 Å². The molecule has 1 rings (SSSR count). The average molecular weight is 223 g/mol. The summed E-state index contributed by atoms with van der Waals surface area (Å²) in [7, 11) is 1.28. The minimum atomic E-state index is -0.846. The third-order valence-electron chi connectivity index (χ3n) is 2.55. The molecule has 0 aliphatic heterocycles. The Balaban J connectivity index is 3.02. The fraction of sp³-hybridized carbons (Fsp3) is 0.500. The highest BCUT2D eigenvalue weighted by molar-refractivity contribution is 5.88. The van der Waals surface area contributed by atoms with E-state index in [1.165, 1.54) is 13.2 Å². The third kappa shape index (κ3) is 2.42. The Morgan fingerprint density at radius 2 is 2.56 bits per heavy atom. The van der Waals surface area contributed by atoms with Gasteiger partial charge >= 0.3 is 5.97 Å². The Kier molecular flexibility index (Phi) is 4.10. The van der Waals surface area contributed by atoms with Crippen LogP contribution in [-0.2, 0) is 9.53 Å². The van der Waals surface area contributed by atoms with Gasteiger partial charge in [0.2, 0.25) is 0 Å². The number of hydrogen-bond donors (Lipinski definition) is 1. The highest BCUT2D eigenvalue weighted by Crippen LogP contribution is 2.28. The van der Waals surface area contributed by atoms with Crippen LogP contribution in [0.3, 0.4) is 0 Å². The molecule has 0 bridgehead atoms. The molecule has 1 aliphatic rings. The number of esters is 1. The largest absolute Gasteiger partial charge is 0.466 e. The van der Waals surface area contributed by atoms with Gasteiger partial charge in [0.15, 0.2) is 0 Å². The SMILES string of the molecule is C=C[C@@H]1CC(C(=O)OC)=C[C@H](N=[N+]=[N-])C1O. The van der Waals surface area contributed by atoms with Gasteiger partial charge in [-0.1, -0.05) is 17.3 Å². The van der Waals surface area contributed by atoms with Crippen LogP contribution in [0.15, 0.2) is 29.4 Å². The molecular formula is C10H13N3O3. The second-order valence-corrected chi connectivity index (χ2v) is 3.47. The van der Waals surface area contributed by atoms with E-state index in [-0.39, 0.29) is 5.92 Å². The van der Waals surface area contributed by atoms with Crippen LogP contribution in [0.4, 0.5) is 0 Å². The van der Waals surface area contributed by atoms with Crippen LogP contribution < -0.4 is 0 Å². The molecular weight excluding hydrogens is 210 g/mol. The van der Waals surface area contributed by atoms with Crippen LogP contribution in [0.2, 0.25) is 0 Å². The Hall–Kier alpha value is -1.78. The van der Waals surface area contributed by atoms with Crippen LogP contribution in [0.1, 0.15) is 6.42 Å². The van der Waals surface area contributed by atoms with E-state index in [1.807, 2.05) is 0 Å². The van der Waals surface area contributed by atoms with Crippen LogP contribution in [0.25, 0.3) is 10.4 Å². The summed E-state index contributed by atoms with van der Waals surface area (Å²) in [5, 5.41) is 13.2. The lowest BCUT2D eigenvalue weighted by atomic mass is 9.84. The first-order chi connectivity index (χ1) is 7.63. The van der Waals surface area contributed by atoms with Gasteiger partial charge in [-0.3, -0.25) is 0 Å². The molecule has 1 N–H and O–H groups in total. The zero-order chi connectivity index (χ0) is 12.1. The molecule has 0 heterocycles. The van der Waals surface area contributed by atoms with Gasteiger partial charge in [-0.15, -0.1) is 6.58 Å². The molecule has 86 valence electrons. The second-order valence-electron chi connectivity index (χ2n) is 3.47. The molecule has 0 aromatic carbocycles. The molecule has 0 amide bonds. The monoisotopic (exact) mass is 223 g/mol. The summed E-state index contributed by atoms with van der Waals surface area (Å²) in [6.07, 6.45) is 2.48. The topological polar surface area (TPSA) is 95.3 Å². The first kappa shape index (κ1) is 12.3. The van der Waals surface area contributed by atoms with Gasteiger partial charge in [0, 0.05) is 16.4 Å². The average Bonchev–Trinajstić information content (AvgIpc) is 2.31. The van der Waals surface area contributed by atoms with E-state index in [2.05, 4.69) is 21.3 Å². The Bertz CT molecular complexity index is 372. The van der Waals surface area contributed by atoms with Crippen molar-refractivity contribution in [2.24, 2.45) is 11.0 Å². The molecule has 0 aromatic heterocycles. The van der Waals surface area contributed by atoms with E-state index >= 15 is 0 Å². The predicted octanol–water partition coefficient (Wildman–Crippen LogP) is 1.33. The fourth-order valence-corrected chi connectivity index (χ4v) is 1.67. The maximum Gasteiger partial charge on any atom is 0.333 e. The molecule has 0 aromatic rings. The molecule has 16 heavy (non-hydrogen) atoms. The fourth-order valence-electron chi connectivity index (χ4n) is 1.67. The highest BCUT2D eigenvalue weighted by Gasteiger charge is 2.31. The van der Waals surface area contributed by atoms with Gasteiger partial charge in [-0.05, 0) is 12.0 Å². The molecule has 1 unspecified atom stereocenters. The lowest BCUT2D eigenvalue weighted by Crippen LogP contribution is -2.35. The number of carbonyl (C=O) groups is 1. The van der Waals surface area contributed by atoms with E-state index in [0.29, 0.717) is 12.0 Å². The Morgan fingerprint density at radius 3 is 3.06 bits per heavy atom. The lowest BCUT2D eigenvalue weighted by molar-refractivity contribution is -0.136. The first-order valence-electron chi connectivity index (χ1n) is 4.77. The van der Waals surface area contributed by atoms with E-state index in [4.69, 9.17) is 5.53 Å². The van der Waals surface area contributed by atoms with E-state index in [9.17, 15) is 9.90 Å². The van der Waals surface area contributed by atoms with Crippen LogP contribution in [0.5, 0.6) is 0 Å². The van der Waals surface area contributed by atoms with Crippen molar-refractivity contribution in [3.8, 4) is 0 Å². The number of aliphatic hydroxyl groups excluding tert-OH is 1. The molecule has 6 heteroatoms. The molecule has 0 radical (unpaired) electrons. The second kappa shape index (κ2) is 5.34. The summed E-state index contributed by atoms with van der Waals surface area (Å²) in [4.78, 5) is 14.0. The highest BCUT2D eigenvalue weighted by atomic mass is 16.5. The van der Waals surface area contributed by atoms with Crippen LogP contribution in [-0.4, -0.2) is 30.3 Å². The molecule has 0 spiro atoms. The quantitative estimate of drug-likeness (QED) is 0.257. The van der Waals surface area contributed by atoms with Gasteiger partial charge < -0.3 is 9.84 Å².